The molecular formula is C22H14Cl2N4O6. The molecular weight excluding hydrogens is 487 g/mol. The Labute approximate surface area is 202 Å². The topological polar surface area (TPSA) is 140 Å². The molecule has 3 rings (SSSR count). The molecule has 172 valence electrons. The van der Waals surface area contributed by atoms with Crippen molar-refractivity contribution in [1.29, 1.82) is 0 Å². The smallest absolute Gasteiger partial charge is 0.343 e. The highest BCUT2D eigenvalue weighted by Crippen LogP contribution is 2.22. The highest BCUT2D eigenvalue weighted by atomic mass is 35.5. The first-order chi connectivity index (χ1) is 16.2. The van der Waals surface area contributed by atoms with Crippen LogP contribution in [0.5, 0.6) is 5.75 Å². The summed E-state index contributed by atoms with van der Waals surface area (Å²) in [6, 6.07) is 15.4. The van der Waals surface area contributed by atoms with Crippen LogP contribution in [0.15, 0.2) is 71.8 Å². The number of esters is 1. The van der Waals surface area contributed by atoms with E-state index in [1.54, 1.807) is 12.1 Å². The van der Waals surface area contributed by atoms with E-state index in [1.807, 2.05) is 0 Å². The Morgan fingerprint density at radius 1 is 0.912 bits per heavy atom. The molecule has 0 unspecified atom stereocenters. The maximum absolute atomic E-state index is 12.1. The molecule has 0 bridgehead atoms. The number of amides is 2. The average molecular weight is 501 g/mol. The zero-order valence-corrected chi connectivity index (χ0v) is 18.5. The molecule has 10 nitrogen and oxygen atoms in total. The lowest BCUT2D eigenvalue weighted by molar-refractivity contribution is -0.384. The minimum atomic E-state index is -1.01. The van der Waals surface area contributed by atoms with Crippen LogP contribution < -0.4 is 15.5 Å². The largest absolute Gasteiger partial charge is 0.423 e. The van der Waals surface area contributed by atoms with Crippen molar-refractivity contribution in [2.24, 2.45) is 5.10 Å². The zero-order valence-electron chi connectivity index (χ0n) is 17.0. The molecule has 3 aromatic rings. The van der Waals surface area contributed by atoms with Gasteiger partial charge in [-0.05, 0) is 60.2 Å². The molecule has 0 spiro atoms. The summed E-state index contributed by atoms with van der Waals surface area (Å²) in [4.78, 5) is 46.1. The molecule has 3 aromatic carbocycles. The van der Waals surface area contributed by atoms with Crippen molar-refractivity contribution >= 4 is 58.6 Å². The van der Waals surface area contributed by atoms with Crippen molar-refractivity contribution < 1.29 is 24.0 Å². The van der Waals surface area contributed by atoms with Crippen LogP contribution in [0, 0.1) is 10.1 Å². The van der Waals surface area contributed by atoms with Crippen molar-refractivity contribution in [3.63, 3.8) is 0 Å². The number of anilines is 1. The summed E-state index contributed by atoms with van der Waals surface area (Å²) < 4.78 is 5.21. The fourth-order valence-corrected chi connectivity index (χ4v) is 3.06. The van der Waals surface area contributed by atoms with Gasteiger partial charge in [0, 0.05) is 27.9 Å². The number of benzene rings is 3. The Hall–Kier alpha value is -4.28. The summed E-state index contributed by atoms with van der Waals surface area (Å²) in [6.45, 7) is 0. The van der Waals surface area contributed by atoms with Crippen LogP contribution in [0.1, 0.15) is 15.9 Å². The third kappa shape index (κ3) is 6.86. The number of nitro benzene ring substituents is 1. The normalized spacial score (nSPS) is 10.5. The van der Waals surface area contributed by atoms with E-state index in [4.69, 9.17) is 27.9 Å². The number of nitrogens with zero attached hydrogens (tertiary/aromatic N) is 2. The number of rotatable bonds is 6. The lowest BCUT2D eigenvalue weighted by Crippen LogP contribution is -2.32. The zero-order chi connectivity index (χ0) is 24.7. The van der Waals surface area contributed by atoms with E-state index in [1.165, 1.54) is 60.8 Å². The number of hydrogen-bond acceptors (Lipinski definition) is 7. The lowest BCUT2D eigenvalue weighted by Gasteiger charge is -2.05. The first-order valence-corrected chi connectivity index (χ1v) is 10.1. The Morgan fingerprint density at radius 2 is 1.53 bits per heavy atom. The van der Waals surface area contributed by atoms with Gasteiger partial charge in [-0.3, -0.25) is 19.7 Å². The molecule has 0 heterocycles. The minimum Gasteiger partial charge on any atom is -0.423 e. The Kier molecular flexibility index (Phi) is 7.91. The van der Waals surface area contributed by atoms with E-state index in [-0.39, 0.29) is 22.7 Å². The summed E-state index contributed by atoms with van der Waals surface area (Å²) in [5.74, 6) is -2.44. The summed E-state index contributed by atoms with van der Waals surface area (Å²) >= 11 is 11.7. The summed E-state index contributed by atoms with van der Waals surface area (Å²) in [7, 11) is 0. The average Bonchev–Trinajstić information content (AvgIpc) is 2.79. The second kappa shape index (κ2) is 11.0. The van der Waals surface area contributed by atoms with Crippen LogP contribution >= 0.6 is 23.2 Å². The van der Waals surface area contributed by atoms with Gasteiger partial charge in [0.1, 0.15) is 5.75 Å². The van der Waals surface area contributed by atoms with Crippen molar-refractivity contribution in [2.45, 2.75) is 0 Å². The first kappa shape index (κ1) is 24.4. The van der Waals surface area contributed by atoms with Crippen LogP contribution in [0.4, 0.5) is 11.4 Å². The van der Waals surface area contributed by atoms with Crippen LogP contribution in [0.25, 0.3) is 0 Å². The molecule has 2 N–H and O–H groups in total. The van der Waals surface area contributed by atoms with Crippen molar-refractivity contribution in [1.82, 2.24) is 5.43 Å². The molecule has 0 aliphatic carbocycles. The highest BCUT2D eigenvalue weighted by molar-refractivity contribution is 6.40. The molecule has 0 radical (unpaired) electrons. The van der Waals surface area contributed by atoms with E-state index in [2.05, 4.69) is 15.8 Å². The van der Waals surface area contributed by atoms with Crippen LogP contribution in [-0.4, -0.2) is 28.9 Å². The number of halogens is 2. The SMILES string of the molecule is O=C(N/N=C/c1ccc(OC(=O)c2ccc([N+](=O)[O-])cc2)cc1)C(=O)Nc1cc(Cl)cc(Cl)c1. The molecule has 0 aliphatic rings. The molecule has 0 aliphatic heterocycles. The number of hydrogen-bond donors (Lipinski definition) is 2. The van der Waals surface area contributed by atoms with Gasteiger partial charge >= 0.3 is 17.8 Å². The predicted molar refractivity (Wildman–Crippen MR) is 125 cm³/mol. The number of nitrogens with one attached hydrogen (secondary N) is 2. The minimum absolute atomic E-state index is 0.140. The van der Waals surface area contributed by atoms with Gasteiger partial charge in [-0.1, -0.05) is 23.2 Å². The first-order valence-electron chi connectivity index (χ1n) is 9.38. The van der Waals surface area contributed by atoms with Crippen LogP contribution in [0.3, 0.4) is 0 Å². The summed E-state index contributed by atoms with van der Waals surface area (Å²) in [5, 5.41) is 17.3. The number of hydrazone groups is 1. The number of carbonyl (C=O) groups is 3. The van der Waals surface area contributed by atoms with E-state index in [0.29, 0.717) is 15.6 Å². The quantitative estimate of drug-likeness (QED) is 0.130. The molecule has 34 heavy (non-hydrogen) atoms. The van der Waals surface area contributed by atoms with Gasteiger partial charge in [-0.15, -0.1) is 0 Å². The van der Waals surface area contributed by atoms with Gasteiger partial charge in [-0.25, -0.2) is 10.2 Å². The van der Waals surface area contributed by atoms with Crippen LogP contribution in [0.2, 0.25) is 10.0 Å². The van der Waals surface area contributed by atoms with Gasteiger partial charge in [0.25, 0.3) is 5.69 Å². The van der Waals surface area contributed by atoms with Crippen molar-refractivity contribution in [2.75, 3.05) is 5.32 Å². The molecule has 0 saturated carbocycles. The lowest BCUT2D eigenvalue weighted by atomic mass is 10.2. The van der Waals surface area contributed by atoms with Gasteiger partial charge in [0.05, 0.1) is 16.7 Å². The van der Waals surface area contributed by atoms with E-state index < -0.39 is 22.7 Å². The molecule has 0 saturated heterocycles. The van der Waals surface area contributed by atoms with E-state index in [9.17, 15) is 24.5 Å². The number of non-ortho nitro benzene ring substituents is 1. The van der Waals surface area contributed by atoms with Crippen molar-refractivity contribution in [3.05, 3.63) is 98.0 Å². The van der Waals surface area contributed by atoms with Gasteiger partial charge in [-0.2, -0.15) is 5.10 Å². The monoisotopic (exact) mass is 500 g/mol. The predicted octanol–water partition coefficient (Wildman–Crippen LogP) is 4.21. The van der Waals surface area contributed by atoms with E-state index >= 15 is 0 Å². The molecule has 12 heteroatoms. The second-order valence-electron chi connectivity index (χ2n) is 6.57. The van der Waals surface area contributed by atoms with Crippen LogP contribution in [-0.2, 0) is 9.59 Å². The maximum atomic E-state index is 12.1. The summed E-state index contributed by atoms with van der Waals surface area (Å²) in [6.07, 6.45) is 1.28. The molecule has 0 aromatic heterocycles. The van der Waals surface area contributed by atoms with Gasteiger partial charge in [0.2, 0.25) is 0 Å². The molecule has 0 fully saturated rings. The molecule has 0 atom stereocenters. The highest BCUT2D eigenvalue weighted by Gasteiger charge is 2.14. The Bertz CT molecular complexity index is 1260. The number of ether oxygens (including phenoxy) is 1. The van der Waals surface area contributed by atoms with Gasteiger partial charge in [0.15, 0.2) is 0 Å². The Balaban J connectivity index is 1.52. The maximum Gasteiger partial charge on any atom is 0.343 e. The third-order valence-electron chi connectivity index (χ3n) is 4.11. The number of nitro groups is 1. The molecule has 2 amide bonds. The fraction of sp³-hybridized carbons (Fsp3) is 0. The summed E-state index contributed by atoms with van der Waals surface area (Å²) in [5.41, 5.74) is 2.88. The number of carbonyl (C=O) groups excluding carboxylic acids is 3. The van der Waals surface area contributed by atoms with Crippen molar-refractivity contribution in [3.8, 4) is 5.75 Å². The standard InChI is InChI=1S/C22H14Cl2N4O6/c23-15-9-16(24)11-17(10-15)26-20(29)21(30)27-25-12-13-1-7-19(8-2-13)34-22(31)14-3-5-18(6-4-14)28(32)33/h1-12H,(H,26,29)(H,27,30)/b25-12+. The second-order valence-corrected chi connectivity index (χ2v) is 7.45. The van der Waals surface area contributed by atoms with Gasteiger partial charge < -0.3 is 10.1 Å². The third-order valence-corrected chi connectivity index (χ3v) is 4.55. The fourth-order valence-electron chi connectivity index (χ4n) is 2.54. The Morgan fingerprint density at radius 3 is 2.12 bits per heavy atom. The van der Waals surface area contributed by atoms with E-state index in [0.717, 1.165) is 0 Å².